The lowest BCUT2D eigenvalue weighted by atomic mass is 9.98. The van der Waals surface area contributed by atoms with Gasteiger partial charge < -0.3 is 15.4 Å². The largest absolute Gasteiger partial charge is 0.376 e. The predicted octanol–water partition coefficient (Wildman–Crippen LogP) is 2.10. The molecule has 2 aromatic carbocycles. The second-order valence-electron chi connectivity index (χ2n) is 5.05. The zero-order chi connectivity index (χ0) is 15.5. The second kappa shape index (κ2) is 6.03. The van der Waals surface area contributed by atoms with E-state index in [-0.39, 0.29) is 11.8 Å². The molecule has 1 aliphatic rings. The summed E-state index contributed by atoms with van der Waals surface area (Å²) in [6.45, 7) is 0. The quantitative estimate of drug-likeness (QED) is 0.396. The van der Waals surface area contributed by atoms with Crippen molar-refractivity contribution in [2.24, 2.45) is 0 Å². The maximum Gasteiger partial charge on any atom is 0.369 e. The number of ketones is 1. The predicted molar refractivity (Wildman–Crippen MR) is 79.1 cm³/mol. The molecule has 110 valence electrons. The van der Waals surface area contributed by atoms with Gasteiger partial charge in [-0.25, -0.2) is 0 Å². The summed E-state index contributed by atoms with van der Waals surface area (Å²) < 4.78 is 5.38. The highest BCUT2D eigenvalue weighted by Gasteiger charge is 2.51. The molecule has 1 aliphatic heterocycles. The van der Waals surface area contributed by atoms with Crippen molar-refractivity contribution in [3.05, 3.63) is 77.3 Å². The Labute approximate surface area is 127 Å². The third-order valence-corrected chi connectivity index (χ3v) is 3.61. The summed E-state index contributed by atoms with van der Waals surface area (Å²) in [5.74, 6) is -0.507. The summed E-state index contributed by atoms with van der Waals surface area (Å²) in [6.07, 6.45) is -2.35. The van der Waals surface area contributed by atoms with Gasteiger partial charge in [0.15, 0.2) is 12.2 Å². The van der Waals surface area contributed by atoms with E-state index in [1.165, 1.54) is 0 Å². The molecule has 0 aliphatic carbocycles. The van der Waals surface area contributed by atoms with Gasteiger partial charge in [0.2, 0.25) is 0 Å². The van der Waals surface area contributed by atoms with Crippen LogP contribution in [0.15, 0.2) is 60.7 Å². The number of Topliss-reactive ketones (excluding diaryl/α,β-unsaturated/α-hetero) is 1. The molecule has 3 atom stereocenters. The lowest BCUT2D eigenvalue weighted by molar-refractivity contribution is -0.120. The van der Waals surface area contributed by atoms with E-state index in [0.717, 1.165) is 5.56 Å². The summed E-state index contributed by atoms with van der Waals surface area (Å²) in [5, 5.41) is 10.2. The first kappa shape index (κ1) is 14.4. The van der Waals surface area contributed by atoms with E-state index in [0.29, 0.717) is 5.56 Å². The number of nitrogens with zero attached hydrogens (tertiary/aromatic N) is 2. The van der Waals surface area contributed by atoms with Crippen molar-refractivity contribution < 1.29 is 19.4 Å². The molecule has 1 heterocycles. The van der Waals surface area contributed by atoms with Crippen molar-refractivity contribution in [1.82, 2.24) is 0 Å². The highest BCUT2D eigenvalue weighted by atomic mass is 16.6. The van der Waals surface area contributed by atoms with Gasteiger partial charge in [-0.3, -0.25) is 4.79 Å². The van der Waals surface area contributed by atoms with E-state index in [4.69, 9.17) is 10.3 Å². The summed E-state index contributed by atoms with van der Waals surface area (Å²) in [7, 11) is 0. The first-order valence-electron chi connectivity index (χ1n) is 6.92. The molecule has 0 saturated carbocycles. The molecule has 1 N–H and O–H groups in total. The molecule has 0 radical (unpaired) electrons. The lowest BCUT2D eigenvalue weighted by Crippen LogP contribution is -2.27. The smallest absolute Gasteiger partial charge is 0.369 e. The molecule has 1 unspecified atom stereocenters. The van der Waals surface area contributed by atoms with Gasteiger partial charge in [0.25, 0.3) is 5.78 Å². The van der Waals surface area contributed by atoms with Crippen molar-refractivity contribution >= 4 is 11.5 Å². The molecular formula is C17H14N2O3. The van der Waals surface area contributed by atoms with E-state index in [9.17, 15) is 9.90 Å². The molecule has 0 bridgehead atoms. The molecule has 5 heteroatoms. The SMILES string of the molecule is [N-]=[N+]=C(C(=O)[C@@H]1O[C@H]1c1ccccc1)C(O)c1ccccc1. The van der Waals surface area contributed by atoms with Crippen LogP contribution in [0.1, 0.15) is 23.3 Å². The molecule has 2 aromatic rings. The summed E-state index contributed by atoms with van der Waals surface area (Å²) in [6, 6.07) is 17.9. The zero-order valence-corrected chi connectivity index (χ0v) is 11.7. The van der Waals surface area contributed by atoms with Crippen LogP contribution in [0.5, 0.6) is 0 Å². The number of rotatable bonds is 5. The Morgan fingerprint density at radius 2 is 1.68 bits per heavy atom. The highest BCUT2D eigenvalue weighted by molar-refractivity contribution is 6.41. The van der Waals surface area contributed by atoms with Gasteiger partial charge in [-0.15, -0.1) is 0 Å². The molecule has 5 nitrogen and oxygen atoms in total. The number of epoxide rings is 1. The minimum atomic E-state index is -1.28. The van der Waals surface area contributed by atoms with Gasteiger partial charge in [-0.2, -0.15) is 4.79 Å². The molecule has 1 fully saturated rings. The van der Waals surface area contributed by atoms with Gasteiger partial charge in [-0.05, 0) is 11.1 Å². The van der Waals surface area contributed by atoms with Crippen LogP contribution in [0, 0.1) is 0 Å². The first-order valence-corrected chi connectivity index (χ1v) is 6.92. The van der Waals surface area contributed by atoms with Crippen LogP contribution in [0.25, 0.3) is 5.53 Å². The van der Waals surface area contributed by atoms with Crippen LogP contribution in [0.4, 0.5) is 0 Å². The van der Waals surface area contributed by atoms with Crippen LogP contribution in [0.3, 0.4) is 0 Å². The highest BCUT2D eigenvalue weighted by Crippen LogP contribution is 2.39. The molecule has 1 saturated heterocycles. The standard InChI is InChI=1S/C17H14N2O3/c18-19-13(14(20)11-7-3-1-4-8-11)15(21)17-16(22-17)12-9-5-2-6-10-12/h1-10,14,16-17,20H/t14?,16-,17-/m0/s1. The van der Waals surface area contributed by atoms with Gasteiger partial charge in [0.1, 0.15) is 6.10 Å². The Morgan fingerprint density at radius 1 is 1.09 bits per heavy atom. The van der Waals surface area contributed by atoms with Gasteiger partial charge >= 0.3 is 5.71 Å². The number of carbonyl (C=O) groups excluding carboxylic acids is 1. The van der Waals surface area contributed by atoms with E-state index in [1.54, 1.807) is 30.3 Å². The summed E-state index contributed by atoms with van der Waals surface area (Å²) in [5.41, 5.74) is 10.2. The fourth-order valence-electron chi connectivity index (χ4n) is 2.39. The molecule has 0 amide bonds. The molecule has 0 aromatic heterocycles. The maximum atomic E-state index is 12.4. The zero-order valence-electron chi connectivity index (χ0n) is 11.7. The van der Waals surface area contributed by atoms with Crippen molar-refractivity contribution in [2.75, 3.05) is 0 Å². The van der Waals surface area contributed by atoms with E-state index < -0.39 is 18.0 Å². The number of aliphatic hydroxyl groups is 1. The number of carbonyl (C=O) groups is 1. The Kier molecular flexibility index (Phi) is 3.94. The van der Waals surface area contributed by atoms with Gasteiger partial charge in [0, 0.05) is 0 Å². The fraction of sp³-hybridized carbons (Fsp3) is 0.176. The van der Waals surface area contributed by atoms with E-state index in [2.05, 4.69) is 4.79 Å². The Hall–Kier alpha value is -2.59. The number of benzene rings is 2. The Morgan fingerprint density at radius 3 is 2.27 bits per heavy atom. The van der Waals surface area contributed by atoms with Gasteiger partial charge in [0.05, 0.1) is 0 Å². The van der Waals surface area contributed by atoms with Crippen molar-refractivity contribution in [2.45, 2.75) is 18.3 Å². The second-order valence-corrected chi connectivity index (χ2v) is 5.05. The Balaban J connectivity index is 1.76. The van der Waals surface area contributed by atoms with Crippen LogP contribution in [-0.2, 0) is 9.53 Å². The topological polar surface area (TPSA) is 86.2 Å². The van der Waals surface area contributed by atoms with Crippen LogP contribution in [-0.4, -0.2) is 27.5 Å². The minimum absolute atomic E-state index is 0.311. The third-order valence-electron chi connectivity index (χ3n) is 3.61. The van der Waals surface area contributed by atoms with E-state index in [1.807, 2.05) is 30.3 Å². The van der Waals surface area contributed by atoms with Gasteiger partial charge in [-0.1, -0.05) is 60.7 Å². The fourth-order valence-corrected chi connectivity index (χ4v) is 2.39. The number of hydrogen-bond donors (Lipinski definition) is 1. The normalized spacial score (nSPS) is 20.8. The third kappa shape index (κ3) is 2.73. The van der Waals surface area contributed by atoms with E-state index >= 15 is 0 Å². The first-order chi connectivity index (χ1) is 10.7. The van der Waals surface area contributed by atoms with Crippen molar-refractivity contribution in [3.8, 4) is 0 Å². The average molecular weight is 294 g/mol. The molecular weight excluding hydrogens is 280 g/mol. The van der Waals surface area contributed by atoms with Crippen molar-refractivity contribution in [3.63, 3.8) is 0 Å². The number of hydrogen-bond acceptors (Lipinski definition) is 3. The van der Waals surface area contributed by atoms with Crippen molar-refractivity contribution in [1.29, 1.82) is 0 Å². The average Bonchev–Trinajstić information content (AvgIpc) is 3.37. The maximum absolute atomic E-state index is 12.4. The van der Waals surface area contributed by atoms with Crippen LogP contribution >= 0.6 is 0 Å². The number of ether oxygens (including phenoxy) is 1. The Bertz CT molecular complexity index is 724. The number of aliphatic hydroxyl groups excluding tert-OH is 1. The van der Waals surface area contributed by atoms with Crippen LogP contribution < -0.4 is 0 Å². The monoisotopic (exact) mass is 294 g/mol. The summed E-state index contributed by atoms with van der Waals surface area (Å²) >= 11 is 0. The summed E-state index contributed by atoms with van der Waals surface area (Å²) in [4.78, 5) is 15.4. The lowest BCUT2D eigenvalue weighted by Gasteiger charge is -2.04. The molecule has 22 heavy (non-hydrogen) atoms. The molecule has 3 rings (SSSR count). The van der Waals surface area contributed by atoms with Crippen LogP contribution in [0.2, 0.25) is 0 Å². The molecule has 0 spiro atoms. The minimum Gasteiger partial charge on any atom is -0.376 e.